The van der Waals surface area contributed by atoms with Crippen LogP contribution in [0.3, 0.4) is 0 Å². The molecule has 1 aliphatic carbocycles. The lowest BCUT2D eigenvalue weighted by Gasteiger charge is -2.29. The minimum atomic E-state index is 0.0657. The van der Waals surface area contributed by atoms with Crippen molar-refractivity contribution in [2.75, 3.05) is 30.9 Å². The SMILES string of the molecule is Cc1cc(C)c2occ(CNCC3CCC(Nc4nc(N(C)C)c5ccccc5n4)CC3)c(=O)c2c1. The van der Waals surface area contributed by atoms with E-state index < -0.39 is 0 Å². The summed E-state index contributed by atoms with van der Waals surface area (Å²) in [6.07, 6.45) is 6.03. The van der Waals surface area contributed by atoms with Gasteiger partial charge in [0.1, 0.15) is 11.4 Å². The van der Waals surface area contributed by atoms with Crippen molar-refractivity contribution in [3.05, 3.63) is 69.6 Å². The van der Waals surface area contributed by atoms with E-state index in [-0.39, 0.29) is 5.43 Å². The Morgan fingerprint density at radius 3 is 2.58 bits per heavy atom. The van der Waals surface area contributed by atoms with Gasteiger partial charge in [-0.1, -0.05) is 18.2 Å². The Labute approximate surface area is 211 Å². The van der Waals surface area contributed by atoms with Crippen LogP contribution in [0.1, 0.15) is 42.4 Å². The number of nitrogens with zero attached hydrogens (tertiary/aromatic N) is 3. The lowest BCUT2D eigenvalue weighted by atomic mass is 9.86. The van der Waals surface area contributed by atoms with Gasteiger partial charge >= 0.3 is 0 Å². The number of benzene rings is 2. The summed E-state index contributed by atoms with van der Waals surface area (Å²) >= 11 is 0. The molecule has 2 aromatic heterocycles. The molecule has 0 saturated heterocycles. The topological polar surface area (TPSA) is 83.3 Å². The second kappa shape index (κ2) is 10.3. The second-order valence-corrected chi connectivity index (χ2v) is 10.3. The number of hydrogen-bond acceptors (Lipinski definition) is 7. The third-order valence-corrected chi connectivity index (χ3v) is 7.21. The van der Waals surface area contributed by atoms with E-state index in [0.717, 1.165) is 60.1 Å². The highest BCUT2D eigenvalue weighted by Crippen LogP contribution is 2.28. The van der Waals surface area contributed by atoms with Crippen LogP contribution >= 0.6 is 0 Å². The highest BCUT2D eigenvalue weighted by Gasteiger charge is 2.22. The van der Waals surface area contributed by atoms with Crippen LogP contribution in [0.5, 0.6) is 0 Å². The normalized spacial score (nSPS) is 18.0. The van der Waals surface area contributed by atoms with Gasteiger partial charge in [-0.15, -0.1) is 0 Å². The first-order valence-electron chi connectivity index (χ1n) is 12.8. The standard InChI is InChI=1S/C29H35N5O2/c1-18-13-19(2)27-24(14-18)26(35)21(17-36-27)16-30-15-20-9-11-22(12-10-20)31-29-32-25-8-6-5-7-23(25)28(33-29)34(3)4/h5-8,13-14,17,20,22,30H,9-12,15-16H2,1-4H3,(H,31,32,33). The number of aryl methyl sites for hydroxylation is 2. The predicted octanol–water partition coefficient (Wildman–Crippen LogP) is 5.18. The smallest absolute Gasteiger partial charge is 0.225 e. The van der Waals surface area contributed by atoms with Gasteiger partial charge in [-0.05, 0) is 81.3 Å². The van der Waals surface area contributed by atoms with Crippen molar-refractivity contribution in [2.45, 2.75) is 52.1 Å². The third-order valence-electron chi connectivity index (χ3n) is 7.21. The average Bonchev–Trinajstić information content (AvgIpc) is 2.86. The first-order chi connectivity index (χ1) is 17.4. The van der Waals surface area contributed by atoms with Crippen LogP contribution in [0.15, 0.2) is 51.9 Å². The third kappa shape index (κ3) is 5.07. The molecule has 7 heteroatoms. The fourth-order valence-electron chi connectivity index (χ4n) is 5.33. The van der Waals surface area contributed by atoms with E-state index >= 15 is 0 Å². The molecule has 0 bridgehead atoms. The number of nitrogens with one attached hydrogen (secondary N) is 2. The molecule has 0 spiro atoms. The number of fused-ring (bicyclic) bond motifs is 2. The molecule has 5 rings (SSSR count). The van der Waals surface area contributed by atoms with Gasteiger partial charge in [-0.3, -0.25) is 4.79 Å². The van der Waals surface area contributed by atoms with E-state index in [9.17, 15) is 4.79 Å². The summed E-state index contributed by atoms with van der Waals surface area (Å²) in [5.74, 6) is 2.23. The zero-order valence-corrected chi connectivity index (χ0v) is 21.6. The van der Waals surface area contributed by atoms with E-state index in [1.807, 2.05) is 63.2 Å². The zero-order chi connectivity index (χ0) is 25.2. The molecule has 0 radical (unpaired) electrons. The first-order valence-corrected chi connectivity index (χ1v) is 12.8. The summed E-state index contributed by atoms with van der Waals surface area (Å²) in [7, 11) is 4.03. The van der Waals surface area contributed by atoms with Crippen molar-refractivity contribution < 1.29 is 4.42 Å². The highest BCUT2D eigenvalue weighted by atomic mass is 16.3. The number of rotatable bonds is 7. The second-order valence-electron chi connectivity index (χ2n) is 10.3. The molecule has 0 amide bonds. The zero-order valence-electron chi connectivity index (χ0n) is 21.6. The van der Waals surface area contributed by atoms with Crippen LogP contribution in [0, 0.1) is 19.8 Å². The van der Waals surface area contributed by atoms with Crippen molar-refractivity contribution in [3.63, 3.8) is 0 Å². The van der Waals surface area contributed by atoms with E-state index in [4.69, 9.17) is 14.4 Å². The van der Waals surface area contributed by atoms with Crippen molar-refractivity contribution in [3.8, 4) is 0 Å². The maximum absolute atomic E-state index is 13.0. The molecule has 1 aliphatic rings. The predicted molar refractivity (Wildman–Crippen MR) is 147 cm³/mol. The van der Waals surface area contributed by atoms with E-state index in [1.165, 1.54) is 0 Å². The highest BCUT2D eigenvalue weighted by molar-refractivity contribution is 5.90. The molecule has 2 heterocycles. The molecule has 1 fully saturated rings. The molecule has 2 aromatic carbocycles. The quantitative estimate of drug-likeness (QED) is 0.373. The molecule has 2 N–H and O–H groups in total. The van der Waals surface area contributed by atoms with Crippen LogP contribution < -0.4 is 21.0 Å². The molecule has 4 aromatic rings. The molecule has 36 heavy (non-hydrogen) atoms. The number of aromatic nitrogens is 2. The monoisotopic (exact) mass is 485 g/mol. The minimum Gasteiger partial charge on any atom is -0.463 e. The molecule has 0 atom stereocenters. The largest absolute Gasteiger partial charge is 0.463 e. The van der Waals surface area contributed by atoms with Gasteiger partial charge in [-0.25, -0.2) is 4.98 Å². The lowest BCUT2D eigenvalue weighted by molar-refractivity contribution is 0.323. The fourth-order valence-corrected chi connectivity index (χ4v) is 5.33. The lowest BCUT2D eigenvalue weighted by Crippen LogP contribution is -2.32. The Bertz CT molecular complexity index is 1440. The fraction of sp³-hybridized carbons (Fsp3) is 0.414. The number of para-hydroxylation sites is 1. The molecule has 0 aliphatic heterocycles. The van der Waals surface area contributed by atoms with Crippen molar-refractivity contribution in [1.82, 2.24) is 15.3 Å². The van der Waals surface area contributed by atoms with Gasteiger partial charge in [0, 0.05) is 37.6 Å². The Morgan fingerprint density at radius 2 is 1.81 bits per heavy atom. The summed E-state index contributed by atoms with van der Waals surface area (Å²) in [5.41, 5.74) is 4.48. The van der Waals surface area contributed by atoms with Crippen molar-refractivity contribution in [2.24, 2.45) is 5.92 Å². The summed E-state index contributed by atoms with van der Waals surface area (Å²) in [4.78, 5) is 24.5. The molecule has 7 nitrogen and oxygen atoms in total. The van der Waals surface area contributed by atoms with Gasteiger partial charge < -0.3 is 20.0 Å². The van der Waals surface area contributed by atoms with E-state index in [0.29, 0.717) is 41.0 Å². The van der Waals surface area contributed by atoms with Crippen LogP contribution in [0.25, 0.3) is 21.9 Å². The molecular weight excluding hydrogens is 450 g/mol. The van der Waals surface area contributed by atoms with Crippen LogP contribution in [0.4, 0.5) is 11.8 Å². The van der Waals surface area contributed by atoms with Crippen molar-refractivity contribution in [1.29, 1.82) is 0 Å². The first kappa shape index (κ1) is 24.3. The average molecular weight is 486 g/mol. The minimum absolute atomic E-state index is 0.0657. The molecule has 1 saturated carbocycles. The van der Waals surface area contributed by atoms with Gasteiger partial charge in [0.05, 0.1) is 17.2 Å². The van der Waals surface area contributed by atoms with Gasteiger partial charge in [0.15, 0.2) is 5.43 Å². The number of anilines is 2. The number of hydrogen-bond donors (Lipinski definition) is 2. The Kier molecular flexibility index (Phi) is 6.92. The Morgan fingerprint density at radius 1 is 1.03 bits per heavy atom. The summed E-state index contributed by atoms with van der Waals surface area (Å²) < 4.78 is 5.81. The molecular formula is C29H35N5O2. The molecule has 188 valence electrons. The van der Waals surface area contributed by atoms with Crippen LogP contribution in [-0.4, -0.2) is 36.6 Å². The van der Waals surface area contributed by atoms with E-state index in [2.05, 4.69) is 16.7 Å². The summed E-state index contributed by atoms with van der Waals surface area (Å²) in [6, 6.07) is 12.5. The Hall–Kier alpha value is -3.45. The van der Waals surface area contributed by atoms with Gasteiger partial charge in [-0.2, -0.15) is 4.98 Å². The Balaban J connectivity index is 1.16. The molecule has 0 unspecified atom stereocenters. The van der Waals surface area contributed by atoms with Gasteiger partial charge in [0.2, 0.25) is 5.95 Å². The summed E-state index contributed by atoms with van der Waals surface area (Å²) in [6.45, 7) is 5.42. The maximum Gasteiger partial charge on any atom is 0.225 e. The van der Waals surface area contributed by atoms with Crippen LogP contribution in [0.2, 0.25) is 0 Å². The van der Waals surface area contributed by atoms with Crippen molar-refractivity contribution >= 4 is 33.6 Å². The van der Waals surface area contributed by atoms with Gasteiger partial charge in [0.25, 0.3) is 0 Å². The maximum atomic E-state index is 13.0. The van der Waals surface area contributed by atoms with Crippen LogP contribution in [-0.2, 0) is 6.54 Å². The summed E-state index contributed by atoms with van der Waals surface area (Å²) in [5, 5.41) is 8.82. The van der Waals surface area contributed by atoms with E-state index in [1.54, 1.807) is 6.26 Å².